The SMILES string of the molecule is O=C(COc1ccc(Br)cc1)NCC(=S)NC1=C(F)CCC=C1F. The predicted molar refractivity (Wildman–Crippen MR) is 94.9 cm³/mol. The Morgan fingerprint density at radius 3 is 2.67 bits per heavy atom. The van der Waals surface area contributed by atoms with Crippen LogP contribution in [0.1, 0.15) is 12.8 Å². The van der Waals surface area contributed by atoms with Crippen LogP contribution in [-0.4, -0.2) is 24.0 Å². The van der Waals surface area contributed by atoms with Gasteiger partial charge in [-0.2, -0.15) is 0 Å². The molecule has 1 aliphatic carbocycles. The molecule has 4 nitrogen and oxygen atoms in total. The van der Waals surface area contributed by atoms with E-state index < -0.39 is 17.6 Å². The van der Waals surface area contributed by atoms with Crippen LogP contribution in [0.25, 0.3) is 0 Å². The largest absolute Gasteiger partial charge is 0.484 e. The van der Waals surface area contributed by atoms with Crippen LogP contribution in [-0.2, 0) is 4.79 Å². The van der Waals surface area contributed by atoms with Crippen LogP contribution < -0.4 is 15.4 Å². The van der Waals surface area contributed by atoms with Crippen LogP contribution in [0.2, 0.25) is 0 Å². The molecule has 2 N–H and O–H groups in total. The average molecular weight is 417 g/mol. The second-order valence-electron chi connectivity index (χ2n) is 4.94. The molecule has 0 aliphatic heterocycles. The fraction of sp³-hybridized carbons (Fsp3) is 0.250. The van der Waals surface area contributed by atoms with Crippen LogP contribution in [0.4, 0.5) is 8.78 Å². The van der Waals surface area contributed by atoms with Gasteiger partial charge in [-0.15, -0.1) is 0 Å². The molecule has 8 heteroatoms. The molecule has 0 radical (unpaired) electrons. The molecule has 0 atom stereocenters. The van der Waals surface area contributed by atoms with Gasteiger partial charge in [0.2, 0.25) is 0 Å². The van der Waals surface area contributed by atoms with Gasteiger partial charge in [0.15, 0.2) is 6.61 Å². The number of halogens is 3. The van der Waals surface area contributed by atoms with E-state index in [1.807, 2.05) is 0 Å². The van der Waals surface area contributed by atoms with Gasteiger partial charge in [0.25, 0.3) is 5.91 Å². The van der Waals surface area contributed by atoms with Crippen LogP contribution >= 0.6 is 28.1 Å². The van der Waals surface area contributed by atoms with Crippen molar-refractivity contribution in [1.29, 1.82) is 0 Å². The zero-order chi connectivity index (χ0) is 17.5. The number of amides is 1. The Balaban J connectivity index is 1.74. The third kappa shape index (κ3) is 5.68. The zero-order valence-electron chi connectivity index (χ0n) is 12.6. The lowest BCUT2D eigenvalue weighted by atomic mass is 10.1. The first-order chi connectivity index (χ1) is 11.5. The minimum absolute atomic E-state index is 0.0398. The van der Waals surface area contributed by atoms with Crippen LogP contribution in [0.15, 0.2) is 52.2 Å². The Kier molecular flexibility index (Phi) is 6.86. The molecule has 128 valence electrons. The predicted octanol–water partition coefficient (Wildman–Crippen LogP) is 3.69. The van der Waals surface area contributed by atoms with E-state index in [2.05, 4.69) is 26.6 Å². The number of rotatable bonds is 6. The minimum Gasteiger partial charge on any atom is -0.484 e. The highest BCUT2D eigenvalue weighted by Gasteiger charge is 2.17. The number of benzene rings is 1. The summed E-state index contributed by atoms with van der Waals surface area (Å²) in [5.74, 6) is -1.10. The van der Waals surface area contributed by atoms with E-state index in [1.165, 1.54) is 6.08 Å². The van der Waals surface area contributed by atoms with Gasteiger partial charge in [0, 0.05) is 10.9 Å². The van der Waals surface area contributed by atoms with Gasteiger partial charge in [0.1, 0.15) is 23.1 Å². The molecule has 1 aliphatic rings. The maximum atomic E-state index is 13.6. The lowest BCUT2D eigenvalue weighted by Gasteiger charge is -2.15. The van der Waals surface area contributed by atoms with Gasteiger partial charge in [-0.25, -0.2) is 8.78 Å². The number of hydrogen-bond donors (Lipinski definition) is 2. The molecule has 1 amide bonds. The quantitative estimate of drug-likeness (QED) is 0.694. The molecule has 0 fully saturated rings. The van der Waals surface area contributed by atoms with Gasteiger partial charge in [-0.3, -0.25) is 4.79 Å². The van der Waals surface area contributed by atoms with E-state index in [0.29, 0.717) is 12.2 Å². The van der Waals surface area contributed by atoms with Crippen molar-refractivity contribution in [2.75, 3.05) is 13.2 Å². The van der Waals surface area contributed by atoms with Gasteiger partial charge in [0.05, 0.1) is 11.5 Å². The van der Waals surface area contributed by atoms with Gasteiger partial charge in [-0.05, 0) is 36.8 Å². The monoisotopic (exact) mass is 416 g/mol. The highest BCUT2D eigenvalue weighted by atomic mass is 79.9. The fourth-order valence-corrected chi connectivity index (χ4v) is 2.34. The van der Waals surface area contributed by atoms with Crippen molar-refractivity contribution in [2.24, 2.45) is 0 Å². The molecule has 0 aromatic heterocycles. The molecular formula is C16H15BrF2N2O2S. The molecule has 0 bridgehead atoms. The van der Waals surface area contributed by atoms with E-state index in [-0.39, 0.29) is 30.3 Å². The third-order valence-electron chi connectivity index (χ3n) is 3.09. The molecule has 0 saturated carbocycles. The Bertz CT molecular complexity index is 690. The van der Waals surface area contributed by atoms with E-state index in [4.69, 9.17) is 17.0 Å². The second-order valence-corrected chi connectivity index (χ2v) is 6.35. The summed E-state index contributed by atoms with van der Waals surface area (Å²) in [7, 11) is 0. The summed E-state index contributed by atoms with van der Waals surface area (Å²) in [6.45, 7) is -0.225. The first-order valence-electron chi connectivity index (χ1n) is 7.15. The first-order valence-corrected chi connectivity index (χ1v) is 8.35. The summed E-state index contributed by atoms with van der Waals surface area (Å²) in [6, 6.07) is 7.02. The molecule has 0 saturated heterocycles. The molecule has 2 rings (SSSR count). The van der Waals surface area contributed by atoms with E-state index in [9.17, 15) is 13.6 Å². The fourth-order valence-electron chi connectivity index (χ4n) is 1.90. The molecular weight excluding hydrogens is 402 g/mol. The van der Waals surface area contributed by atoms with Crippen molar-refractivity contribution < 1.29 is 18.3 Å². The molecule has 1 aromatic rings. The summed E-state index contributed by atoms with van der Waals surface area (Å²) < 4.78 is 33.3. The third-order valence-corrected chi connectivity index (χ3v) is 3.87. The molecule has 0 spiro atoms. The van der Waals surface area contributed by atoms with Gasteiger partial charge in [-0.1, -0.05) is 28.1 Å². The Hall–Kier alpha value is -1.80. The smallest absolute Gasteiger partial charge is 0.258 e. The Morgan fingerprint density at radius 1 is 1.29 bits per heavy atom. The normalized spacial score (nSPS) is 14.0. The van der Waals surface area contributed by atoms with Crippen LogP contribution in [0, 0.1) is 0 Å². The number of thiocarbonyl (C=S) groups is 1. The number of ether oxygens (including phenoxy) is 1. The highest BCUT2D eigenvalue weighted by molar-refractivity contribution is 9.10. The number of carbonyl (C=O) groups is 1. The molecule has 0 unspecified atom stereocenters. The topological polar surface area (TPSA) is 50.4 Å². The van der Waals surface area contributed by atoms with Crippen molar-refractivity contribution in [1.82, 2.24) is 10.6 Å². The highest BCUT2D eigenvalue weighted by Crippen LogP contribution is 2.25. The summed E-state index contributed by atoms with van der Waals surface area (Å²) in [5.41, 5.74) is -0.258. The van der Waals surface area contributed by atoms with E-state index in [0.717, 1.165) is 4.47 Å². The average Bonchev–Trinajstić information content (AvgIpc) is 2.56. The zero-order valence-corrected chi connectivity index (χ0v) is 15.0. The summed E-state index contributed by atoms with van der Waals surface area (Å²) in [4.78, 5) is 11.8. The summed E-state index contributed by atoms with van der Waals surface area (Å²) in [5, 5.41) is 5.01. The lowest BCUT2D eigenvalue weighted by Crippen LogP contribution is -2.38. The molecule has 24 heavy (non-hydrogen) atoms. The second kappa shape index (κ2) is 8.89. The minimum atomic E-state index is -0.675. The van der Waals surface area contributed by atoms with Crippen molar-refractivity contribution in [3.63, 3.8) is 0 Å². The molecule has 0 heterocycles. The number of nitrogens with one attached hydrogen (secondary N) is 2. The number of hydrogen-bond acceptors (Lipinski definition) is 3. The van der Waals surface area contributed by atoms with Crippen molar-refractivity contribution >= 4 is 39.0 Å². The summed E-state index contributed by atoms with van der Waals surface area (Å²) >= 11 is 8.28. The van der Waals surface area contributed by atoms with Crippen molar-refractivity contribution in [2.45, 2.75) is 12.8 Å². The van der Waals surface area contributed by atoms with Crippen molar-refractivity contribution in [3.05, 3.63) is 52.2 Å². The maximum absolute atomic E-state index is 13.6. The first kappa shape index (κ1) is 18.5. The summed E-state index contributed by atoms with van der Waals surface area (Å²) in [6.07, 6.45) is 1.74. The lowest BCUT2D eigenvalue weighted by molar-refractivity contribution is -0.122. The van der Waals surface area contributed by atoms with Gasteiger partial charge >= 0.3 is 0 Å². The van der Waals surface area contributed by atoms with Crippen LogP contribution in [0.5, 0.6) is 5.75 Å². The Morgan fingerprint density at radius 2 is 2.00 bits per heavy atom. The van der Waals surface area contributed by atoms with Gasteiger partial charge < -0.3 is 15.4 Å². The Labute approximate surface area is 152 Å². The maximum Gasteiger partial charge on any atom is 0.258 e. The number of carbonyl (C=O) groups excluding carboxylic acids is 1. The van der Waals surface area contributed by atoms with Crippen LogP contribution in [0.3, 0.4) is 0 Å². The van der Waals surface area contributed by atoms with E-state index in [1.54, 1.807) is 24.3 Å². The van der Waals surface area contributed by atoms with Crippen molar-refractivity contribution in [3.8, 4) is 5.75 Å². The standard InChI is InChI=1S/C16H15BrF2N2O2S/c17-10-4-6-11(7-5-10)23-9-14(22)20-8-15(24)21-16-12(18)2-1-3-13(16)19/h2,4-7H,1,3,8-9H2,(H,20,22)(H,21,24). The van der Waals surface area contributed by atoms with E-state index >= 15 is 0 Å². The number of allylic oxidation sites excluding steroid dienone is 3. The molecule has 1 aromatic carbocycles.